The average molecular weight is 396 g/mol. The molecule has 0 aliphatic carbocycles. The quantitative estimate of drug-likeness (QED) is 0.630. The maximum atomic E-state index is 12.8. The van der Waals surface area contributed by atoms with Crippen LogP contribution in [0.5, 0.6) is 17.2 Å². The largest absolute Gasteiger partial charge is 0.497 e. The van der Waals surface area contributed by atoms with Crippen molar-refractivity contribution in [2.45, 2.75) is 0 Å². The van der Waals surface area contributed by atoms with E-state index in [2.05, 4.69) is 10.6 Å². The van der Waals surface area contributed by atoms with Crippen LogP contribution in [0.2, 0.25) is 0 Å². The summed E-state index contributed by atoms with van der Waals surface area (Å²) in [5, 5.41) is 5.48. The van der Waals surface area contributed by atoms with Gasteiger partial charge in [0, 0.05) is 11.8 Å². The monoisotopic (exact) mass is 396 g/mol. The summed E-state index contributed by atoms with van der Waals surface area (Å²) in [6, 6.07) is 12.9. The zero-order valence-corrected chi connectivity index (χ0v) is 16.1. The number of ether oxygens (including phenoxy) is 3. The number of furan rings is 1. The highest BCUT2D eigenvalue weighted by Gasteiger charge is 2.17. The topological polar surface area (TPSA) is 99.0 Å². The van der Waals surface area contributed by atoms with Gasteiger partial charge in [0.25, 0.3) is 11.8 Å². The lowest BCUT2D eigenvalue weighted by Crippen LogP contribution is -2.15. The highest BCUT2D eigenvalue weighted by molar-refractivity contribution is 6.08. The van der Waals surface area contributed by atoms with Gasteiger partial charge in [-0.2, -0.15) is 0 Å². The second-order valence-electron chi connectivity index (χ2n) is 5.87. The van der Waals surface area contributed by atoms with E-state index in [1.807, 2.05) is 0 Å². The van der Waals surface area contributed by atoms with E-state index >= 15 is 0 Å². The van der Waals surface area contributed by atoms with Gasteiger partial charge in [-0.05, 0) is 42.5 Å². The van der Waals surface area contributed by atoms with Crippen molar-refractivity contribution in [1.29, 1.82) is 0 Å². The van der Waals surface area contributed by atoms with Gasteiger partial charge in [0.15, 0.2) is 5.76 Å². The minimum Gasteiger partial charge on any atom is -0.497 e. The number of carbonyl (C=O) groups is 2. The lowest BCUT2D eigenvalue weighted by molar-refractivity contribution is 0.0994. The lowest BCUT2D eigenvalue weighted by Gasteiger charge is -2.14. The van der Waals surface area contributed by atoms with Crippen molar-refractivity contribution < 1.29 is 28.2 Å². The van der Waals surface area contributed by atoms with Crippen molar-refractivity contribution in [3.8, 4) is 17.2 Å². The van der Waals surface area contributed by atoms with Crippen LogP contribution in [0.4, 0.5) is 11.4 Å². The normalized spacial score (nSPS) is 10.2. The molecule has 150 valence electrons. The van der Waals surface area contributed by atoms with Gasteiger partial charge in [-0.15, -0.1) is 0 Å². The molecule has 2 aromatic carbocycles. The molecular formula is C21H20N2O6. The van der Waals surface area contributed by atoms with Crippen molar-refractivity contribution in [1.82, 2.24) is 0 Å². The number of carbonyl (C=O) groups excluding carboxylic acids is 2. The van der Waals surface area contributed by atoms with Crippen molar-refractivity contribution in [2.24, 2.45) is 0 Å². The van der Waals surface area contributed by atoms with Gasteiger partial charge in [-0.1, -0.05) is 0 Å². The number of hydrogen-bond donors (Lipinski definition) is 2. The Morgan fingerprint density at radius 1 is 0.828 bits per heavy atom. The minimum absolute atomic E-state index is 0.175. The van der Waals surface area contributed by atoms with Crippen LogP contribution >= 0.6 is 0 Å². The van der Waals surface area contributed by atoms with E-state index in [0.29, 0.717) is 34.2 Å². The molecule has 1 heterocycles. The summed E-state index contributed by atoms with van der Waals surface area (Å²) < 4.78 is 20.8. The Morgan fingerprint density at radius 3 is 2.28 bits per heavy atom. The Kier molecular flexibility index (Phi) is 6.03. The van der Waals surface area contributed by atoms with Crippen molar-refractivity contribution in [3.63, 3.8) is 0 Å². The van der Waals surface area contributed by atoms with Gasteiger partial charge in [-0.25, -0.2) is 0 Å². The van der Waals surface area contributed by atoms with Crippen LogP contribution in [-0.2, 0) is 0 Å². The summed E-state index contributed by atoms with van der Waals surface area (Å²) in [6.45, 7) is 0. The van der Waals surface area contributed by atoms with Gasteiger partial charge >= 0.3 is 0 Å². The third-order valence-corrected chi connectivity index (χ3v) is 4.10. The molecule has 0 atom stereocenters. The van der Waals surface area contributed by atoms with Crippen LogP contribution in [0.25, 0.3) is 0 Å². The van der Waals surface area contributed by atoms with Crippen LogP contribution in [0.1, 0.15) is 20.9 Å². The number of benzene rings is 2. The van der Waals surface area contributed by atoms with Crippen LogP contribution in [-0.4, -0.2) is 33.1 Å². The van der Waals surface area contributed by atoms with Gasteiger partial charge in [0.2, 0.25) is 0 Å². The fraction of sp³-hybridized carbons (Fsp3) is 0.143. The molecule has 0 bridgehead atoms. The Morgan fingerprint density at radius 2 is 1.62 bits per heavy atom. The van der Waals surface area contributed by atoms with E-state index in [9.17, 15) is 9.59 Å². The summed E-state index contributed by atoms with van der Waals surface area (Å²) in [5.41, 5.74) is 1.16. The Hall–Kier alpha value is -3.94. The minimum atomic E-state index is -0.408. The van der Waals surface area contributed by atoms with Gasteiger partial charge in [0.05, 0.1) is 38.8 Å². The zero-order valence-electron chi connectivity index (χ0n) is 16.1. The van der Waals surface area contributed by atoms with E-state index in [1.54, 1.807) is 48.5 Å². The Labute approximate surface area is 167 Å². The highest BCUT2D eigenvalue weighted by Crippen LogP contribution is 2.30. The zero-order chi connectivity index (χ0) is 20.8. The summed E-state index contributed by atoms with van der Waals surface area (Å²) in [6.07, 6.45) is 1.41. The predicted molar refractivity (Wildman–Crippen MR) is 107 cm³/mol. The SMILES string of the molecule is COc1ccc(C(=O)Nc2cc(NC(=O)c3ccco3)ccc2OC)c(OC)c1. The van der Waals surface area contributed by atoms with Crippen LogP contribution in [0.3, 0.4) is 0 Å². The van der Waals surface area contributed by atoms with E-state index < -0.39 is 11.8 Å². The molecule has 0 fully saturated rings. The second-order valence-corrected chi connectivity index (χ2v) is 5.87. The number of amides is 2. The number of hydrogen-bond acceptors (Lipinski definition) is 6. The molecule has 2 N–H and O–H groups in total. The molecular weight excluding hydrogens is 376 g/mol. The first-order chi connectivity index (χ1) is 14.0. The molecule has 0 unspecified atom stereocenters. The molecule has 0 aliphatic heterocycles. The maximum Gasteiger partial charge on any atom is 0.291 e. The fourth-order valence-corrected chi connectivity index (χ4v) is 2.66. The van der Waals surface area contributed by atoms with Gasteiger partial charge in [-0.3, -0.25) is 9.59 Å². The second kappa shape index (κ2) is 8.83. The summed E-state index contributed by atoms with van der Waals surface area (Å²) in [7, 11) is 4.48. The predicted octanol–water partition coefficient (Wildman–Crippen LogP) is 3.81. The smallest absolute Gasteiger partial charge is 0.291 e. The third-order valence-electron chi connectivity index (χ3n) is 4.10. The molecule has 2 amide bonds. The van der Waals surface area contributed by atoms with Gasteiger partial charge < -0.3 is 29.3 Å². The standard InChI is InChI=1S/C21H20N2O6/c1-26-14-7-8-15(19(12-14)28-3)20(24)23-16-11-13(6-9-17(16)27-2)22-21(25)18-5-4-10-29-18/h4-12H,1-3H3,(H,22,25)(H,23,24). The molecule has 8 heteroatoms. The molecule has 0 radical (unpaired) electrons. The highest BCUT2D eigenvalue weighted by atomic mass is 16.5. The van der Waals surface area contributed by atoms with Gasteiger partial charge in [0.1, 0.15) is 17.2 Å². The van der Waals surface area contributed by atoms with E-state index in [1.165, 1.54) is 27.6 Å². The van der Waals surface area contributed by atoms with Crippen molar-refractivity contribution in [3.05, 3.63) is 66.1 Å². The number of anilines is 2. The van der Waals surface area contributed by atoms with Crippen molar-refractivity contribution in [2.75, 3.05) is 32.0 Å². The fourth-order valence-electron chi connectivity index (χ4n) is 2.66. The molecule has 29 heavy (non-hydrogen) atoms. The molecule has 3 aromatic rings. The molecule has 0 saturated carbocycles. The number of methoxy groups -OCH3 is 3. The first-order valence-corrected chi connectivity index (χ1v) is 8.62. The Bertz CT molecular complexity index is 1010. The number of nitrogens with one attached hydrogen (secondary N) is 2. The number of rotatable bonds is 7. The maximum absolute atomic E-state index is 12.8. The summed E-state index contributed by atoms with van der Waals surface area (Å²) in [5.74, 6) is 0.726. The molecule has 0 saturated heterocycles. The molecule has 0 aliphatic rings. The Balaban J connectivity index is 1.84. The first kappa shape index (κ1) is 19.8. The average Bonchev–Trinajstić information content (AvgIpc) is 3.28. The summed E-state index contributed by atoms with van der Waals surface area (Å²) >= 11 is 0. The van der Waals surface area contributed by atoms with Crippen LogP contribution in [0, 0.1) is 0 Å². The molecule has 0 spiro atoms. The lowest BCUT2D eigenvalue weighted by atomic mass is 10.1. The van der Waals surface area contributed by atoms with E-state index in [0.717, 1.165) is 0 Å². The van der Waals surface area contributed by atoms with E-state index in [-0.39, 0.29) is 5.76 Å². The summed E-state index contributed by atoms with van der Waals surface area (Å²) in [4.78, 5) is 25.0. The molecule has 1 aromatic heterocycles. The molecule has 8 nitrogen and oxygen atoms in total. The third kappa shape index (κ3) is 4.49. The molecule has 3 rings (SSSR count). The first-order valence-electron chi connectivity index (χ1n) is 8.62. The van der Waals surface area contributed by atoms with Crippen LogP contribution < -0.4 is 24.8 Å². The van der Waals surface area contributed by atoms with Crippen LogP contribution in [0.15, 0.2) is 59.2 Å². The van der Waals surface area contributed by atoms with Crippen molar-refractivity contribution >= 4 is 23.2 Å². The van der Waals surface area contributed by atoms with E-state index in [4.69, 9.17) is 18.6 Å².